The van der Waals surface area contributed by atoms with Gasteiger partial charge >= 0.3 is 5.97 Å². The van der Waals surface area contributed by atoms with Crippen molar-refractivity contribution < 1.29 is 14.3 Å². The largest absolute Gasteiger partial charge is 0.457 e. The Balaban J connectivity index is 2.68. The minimum atomic E-state index is -0.445. The number of carbonyl (C=O) groups is 2. The summed E-state index contributed by atoms with van der Waals surface area (Å²) in [5.41, 5.74) is 1.96. The van der Waals surface area contributed by atoms with E-state index in [1.807, 2.05) is 13.0 Å². The molecule has 4 heteroatoms. The summed E-state index contributed by atoms with van der Waals surface area (Å²) >= 11 is 4.36. The summed E-state index contributed by atoms with van der Waals surface area (Å²) in [6.45, 7) is 2.96. The molecule has 0 fully saturated rings. The van der Waals surface area contributed by atoms with Gasteiger partial charge in [-0.2, -0.15) is 0 Å². The van der Waals surface area contributed by atoms with Crippen LogP contribution in [0.25, 0.3) is 0 Å². The smallest absolute Gasteiger partial charge is 0.303 e. The lowest BCUT2D eigenvalue weighted by Crippen LogP contribution is -2.10. The van der Waals surface area contributed by atoms with Crippen LogP contribution in [-0.4, -0.2) is 18.4 Å². The van der Waals surface area contributed by atoms with Gasteiger partial charge in [-0.15, -0.1) is 12.6 Å². The monoisotopic (exact) mass is 252 g/mol. The summed E-state index contributed by atoms with van der Waals surface area (Å²) in [5, 5.41) is 0. The van der Waals surface area contributed by atoms with Gasteiger partial charge in [0.2, 0.25) is 0 Å². The fraction of sp³-hybridized carbons (Fsp3) is 0.385. The van der Waals surface area contributed by atoms with Crippen LogP contribution in [0.15, 0.2) is 34.3 Å². The topological polar surface area (TPSA) is 43.4 Å². The van der Waals surface area contributed by atoms with E-state index in [1.54, 1.807) is 0 Å². The summed E-state index contributed by atoms with van der Waals surface area (Å²) in [5.74, 6) is -0.653. The van der Waals surface area contributed by atoms with Crippen LogP contribution in [0.3, 0.4) is 0 Å². The third kappa shape index (κ3) is 4.61. The van der Waals surface area contributed by atoms with Crippen molar-refractivity contribution in [1.29, 1.82) is 0 Å². The molecule has 1 aliphatic rings. The molecule has 0 aromatic rings. The molecule has 92 valence electrons. The number of carbonyl (C=O) groups excluding carboxylic acids is 2. The van der Waals surface area contributed by atoms with Gasteiger partial charge in [-0.3, -0.25) is 9.59 Å². The van der Waals surface area contributed by atoms with Crippen LogP contribution in [0.2, 0.25) is 0 Å². The van der Waals surface area contributed by atoms with E-state index in [4.69, 9.17) is 0 Å². The van der Waals surface area contributed by atoms with Crippen LogP contribution in [0.1, 0.15) is 26.7 Å². The molecule has 0 aromatic heterocycles. The van der Waals surface area contributed by atoms with Crippen LogP contribution in [-0.2, 0) is 14.3 Å². The molecular weight excluding hydrogens is 236 g/mol. The fourth-order valence-electron chi connectivity index (χ4n) is 1.59. The summed E-state index contributed by atoms with van der Waals surface area (Å²) in [6, 6.07) is 0. The Bertz CT molecular complexity index is 416. The zero-order valence-electron chi connectivity index (χ0n) is 10.0. The standard InChI is InChI=1S/C13H16O3S/c1-9(7-11(15)8-16-10(2)14)12-5-3-4-6-13(12)17/h4,6-7,17H,3,5,8H2,1-2H3/b9-7+. The van der Waals surface area contributed by atoms with Gasteiger partial charge in [-0.1, -0.05) is 12.2 Å². The second kappa shape index (κ2) is 6.45. The van der Waals surface area contributed by atoms with Gasteiger partial charge in [0.15, 0.2) is 12.4 Å². The number of esters is 1. The zero-order valence-corrected chi connectivity index (χ0v) is 10.9. The maximum absolute atomic E-state index is 11.5. The number of hydrogen-bond acceptors (Lipinski definition) is 4. The Morgan fingerprint density at radius 2 is 2.18 bits per heavy atom. The summed E-state index contributed by atoms with van der Waals surface area (Å²) in [4.78, 5) is 22.9. The first-order valence-electron chi connectivity index (χ1n) is 5.44. The van der Waals surface area contributed by atoms with Gasteiger partial charge in [0.05, 0.1) is 0 Å². The normalized spacial score (nSPS) is 16.1. The van der Waals surface area contributed by atoms with Crippen molar-refractivity contribution in [3.63, 3.8) is 0 Å². The number of ketones is 1. The number of thiol groups is 1. The second-order valence-electron chi connectivity index (χ2n) is 3.88. The SMILES string of the molecule is CC(=O)OCC(=O)/C=C(\C)C1=C(S)C=CCC1. The maximum Gasteiger partial charge on any atom is 0.303 e. The van der Waals surface area contributed by atoms with Crippen LogP contribution >= 0.6 is 12.6 Å². The molecule has 0 amide bonds. The Kier molecular flexibility index (Phi) is 5.22. The molecule has 0 bridgehead atoms. The Morgan fingerprint density at radius 3 is 2.76 bits per heavy atom. The van der Waals surface area contributed by atoms with Gasteiger partial charge in [-0.25, -0.2) is 0 Å². The molecule has 0 spiro atoms. The van der Waals surface area contributed by atoms with Crippen LogP contribution in [0.4, 0.5) is 0 Å². The Hall–Kier alpha value is -1.29. The predicted octanol–water partition coefficient (Wildman–Crippen LogP) is 2.60. The highest BCUT2D eigenvalue weighted by molar-refractivity contribution is 7.84. The van der Waals surface area contributed by atoms with Gasteiger partial charge in [0, 0.05) is 11.8 Å². The van der Waals surface area contributed by atoms with Crippen molar-refractivity contribution in [2.75, 3.05) is 6.61 Å². The molecule has 17 heavy (non-hydrogen) atoms. The molecule has 0 N–H and O–H groups in total. The van der Waals surface area contributed by atoms with E-state index in [-0.39, 0.29) is 12.4 Å². The van der Waals surface area contributed by atoms with Gasteiger partial charge in [0.1, 0.15) is 0 Å². The molecule has 3 nitrogen and oxygen atoms in total. The van der Waals surface area contributed by atoms with Gasteiger partial charge in [-0.05, 0) is 37.0 Å². The molecule has 0 radical (unpaired) electrons. The average molecular weight is 252 g/mol. The fourth-order valence-corrected chi connectivity index (χ4v) is 1.99. The molecular formula is C13H16O3S. The number of rotatable bonds is 4. The third-order valence-electron chi connectivity index (χ3n) is 2.42. The molecule has 1 aliphatic carbocycles. The molecule has 0 heterocycles. The minimum Gasteiger partial charge on any atom is -0.457 e. The molecule has 0 saturated carbocycles. The van der Waals surface area contributed by atoms with E-state index in [2.05, 4.69) is 23.4 Å². The van der Waals surface area contributed by atoms with E-state index >= 15 is 0 Å². The van der Waals surface area contributed by atoms with E-state index in [9.17, 15) is 9.59 Å². The highest BCUT2D eigenvalue weighted by Gasteiger charge is 2.09. The van der Waals surface area contributed by atoms with Crippen molar-refractivity contribution in [3.05, 3.63) is 34.3 Å². The van der Waals surface area contributed by atoms with E-state index in [0.717, 1.165) is 28.9 Å². The third-order valence-corrected chi connectivity index (χ3v) is 2.84. The number of allylic oxidation sites excluding steroid dienone is 4. The van der Waals surface area contributed by atoms with Crippen LogP contribution in [0.5, 0.6) is 0 Å². The lowest BCUT2D eigenvalue weighted by Gasteiger charge is -2.13. The van der Waals surface area contributed by atoms with Gasteiger partial charge in [0.25, 0.3) is 0 Å². The van der Waals surface area contributed by atoms with E-state index < -0.39 is 5.97 Å². The second-order valence-corrected chi connectivity index (χ2v) is 4.36. The summed E-state index contributed by atoms with van der Waals surface area (Å²) in [7, 11) is 0. The van der Waals surface area contributed by atoms with Crippen molar-refractivity contribution in [2.45, 2.75) is 26.7 Å². The van der Waals surface area contributed by atoms with Crippen molar-refractivity contribution in [1.82, 2.24) is 0 Å². The Labute approximate surface area is 107 Å². The predicted molar refractivity (Wildman–Crippen MR) is 69.8 cm³/mol. The Morgan fingerprint density at radius 1 is 1.47 bits per heavy atom. The number of ether oxygens (including phenoxy) is 1. The van der Waals surface area contributed by atoms with Crippen molar-refractivity contribution in [2.24, 2.45) is 0 Å². The van der Waals surface area contributed by atoms with E-state index in [1.165, 1.54) is 13.0 Å². The molecule has 0 aromatic carbocycles. The molecule has 0 unspecified atom stereocenters. The average Bonchev–Trinajstić information content (AvgIpc) is 2.26. The molecule has 0 saturated heterocycles. The van der Waals surface area contributed by atoms with Crippen LogP contribution < -0.4 is 0 Å². The minimum absolute atomic E-state index is 0.197. The van der Waals surface area contributed by atoms with Crippen LogP contribution in [0, 0.1) is 0 Å². The van der Waals surface area contributed by atoms with Gasteiger partial charge < -0.3 is 4.74 Å². The first-order valence-corrected chi connectivity index (χ1v) is 5.89. The lowest BCUT2D eigenvalue weighted by molar-refractivity contribution is -0.144. The van der Waals surface area contributed by atoms with Crippen molar-refractivity contribution in [3.8, 4) is 0 Å². The molecule has 0 aliphatic heterocycles. The lowest BCUT2D eigenvalue weighted by atomic mass is 9.97. The number of hydrogen-bond donors (Lipinski definition) is 1. The first-order chi connectivity index (χ1) is 8.00. The summed E-state index contributed by atoms with van der Waals surface area (Å²) < 4.78 is 4.64. The molecule has 1 rings (SSSR count). The summed E-state index contributed by atoms with van der Waals surface area (Å²) in [6.07, 6.45) is 7.35. The first kappa shape index (κ1) is 13.8. The highest BCUT2D eigenvalue weighted by Crippen LogP contribution is 2.27. The zero-order chi connectivity index (χ0) is 12.8. The highest BCUT2D eigenvalue weighted by atomic mass is 32.1. The maximum atomic E-state index is 11.5. The molecule has 0 atom stereocenters. The quantitative estimate of drug-likeness (QED) is 0.475. The van der Waals surface area contributed by atoms with Crippen molar-refractivity contribution >= 4 is 24.4 Å². The van der Waals surface area contributed by atoms with E-state index in [0.29, 0.717) is 0 Å².